The SMILES string of the molecule is CCOC(=O)C=Cc1ccc(C=O)c(OC)c1. The second-order valence-corrected chi connectivity index (χ2v) is 3.20. The molecule has 0 aliphatic rings. The third-order valence-electron chi connectivity index (χ3n) is 2.08. The van der Waals surface area contributed by atoms with Gasteiger partial charge in [0, 0.05) is 6.08 Å². The second kappa shape index (κ2) is 6.48. The van der Waals surface area contributed by atoms with Crippen molar-refractivity contribution in [3.63, 3.8) is 0 Å². The van der Waals surface area contributed by atoms with E-state index in [1.165, 1.54) is 13.2 Å². The van der Waals surface area contributed by atoms with Gasteiger partial charge in [0.2, 0.25) is 0 Å². The maximum Gasteiger partial charge on any atom is 0.330 e. The van der Waals surface area contributed by atoms with E-state index in [-0.39, 0.29) is 0 Å². The van der Waals surface area contributed by atoms with Crippen LogP contribution in [0.4, 0.5) is 0 Å². The molecule has 0 bridgehead atoms. The minimum Gasteiger partial charge on any atom is -0.496 e. The molecule has 4 nitrogen and oxygen atoms in total. The number of methoxy groups -OCH3 is 1. The zero-order chi connectivity index (χ0) is 12.7. The van der Waals surface area contributed by atoms with Crippen LogP contribution < -0.4 is 4.74 Å². The Balaban J connectivity index is 2.85. The van der Waals surface area contributed by atoms with E-state index in [4.69, 9.17) is 9.47 Å². The van der Waals surface area contributed by atoms with Crippen LogP contribution >= 0.6 is 0 Å². The molecule has 1 aromatic rings. The summed E-state index contributed by atoms with van der Waals surface area (Å²) < 4.78 is 9.80. The molecule has 0 fully saturated rings. The van der Waals surface area contributed by atoms with Gasteiger partial charge in [0.15, 0.2) is 6.29 Å². The molecule has 0 unspecified atom stereocenters. The first kappa shape index (κ1) is 13.0. The minimum atomic E-state index is -0.397. The predicted molar refractivity (Wildman–Crippen MR) is 64.0 cm³/mol. The first-order valence-electron chi connectivity index (χ1n) is 5.19. The van der Waals surface area contributed by atoms with Crippen molar-refractivity contribution in [3.8, 4) is 5.75 Å². The van der Waals surface area contributed by atoms with E-state index < -0.39 is 5.97 Å². The first-order chi connectivity index (χ1) is 8.21. The van der Waals surface area contributed by atoms with Gasteiger partial charge >= 0.3 is 5.97 Å². The summed E-state index contributed by atoms with van der Waals surface area (Å²) in [6.45, 7) is 2.09. The van der Waals surface area contributed by atoms with E-state index in [0.29, 0.717) is 17.9 Å². The highest BCUT2D eigenvalue weighted by molar-refractivity contribution is 5.87. The van der Waals surface area contributed by atoms with Crippen molar-refractivity contribution in [2.75, 3.05) is 13.7 Å². The van der Waals surface area contributed by atoms with Gasteiger partial charge in [-0.1, -0.05) is 6.07 Å². The lowest BCUT2D eigenvalue weighted by atomic mass is 10.1. The Hall–Kier alpha value is -2.10. The molecule has 17 heavy (non-hydrogen) atoms. The average Bonchev–Trinajstić information content (AvgIpc) is 2.36. The molecule has 0 aromatic heterocycles. The monoisotopic (exact) mass is 234 g/mol. The summed E-state index contributed by atoms with van der Waals surface area (Å²) in [5, 5.41) is 0. The van der Waals surface area contributed by atoms with Crippen molar-refractivity contribution in [2.45, 2.75) is 6.92 Å². The lowest BCUT2D eigenvalue weighted by Crippen LogP contribution is -1.98. The highest BCUT2D eigenvalue weighted by atomic mass is 16.5. The zero-order valence-corrected chi connectivity index (χ0v) is 9.80. The molecule has 0 atom stereocenters. The highest BCUT2D eigenvalue weighted by Gasteiger charge is 2.02. The van der Waals surface area contributed by atoms with Gasteiger partial charge in [0.25, 0.3) is 0 Å². The second-order valence-electron chi connectivity index (χ2n) is 3.20. The van der Waals surface area contributed by atoms with E-state index in [0.717, 1.165) is 11.8 Å². The third kappa shape index (κ3) is 3.75. The molecule has 0 heterocycles. The number of carbonyl (C=O) groups excluding carboxylic acids is 2. The maximum absolute atomic E-state index is 11.1. The number of aldehydes is 1. The number of hydrogen-bond donors (Lipinski definition) is 0. The van der Waals surface area contributed by atoms with E-state index in [1.807, 2.05) is 0 Å². The zero-order valence-electron chi connectivity index (χ0n) is 9.80. The maximum atomic E-state index is 11.1. The molecule has 0 aliphatic carbocycles. The van der Waals surface area contributed by atoms with Crippen LogP contribution in [0.3, 0.4) is 0 Å². The molecule has 0 saturated carbocycles. The van der Waals surface area contributed by atoms with Gasteiger partial charge in [-0.05, 0) is 30.7 Å². The van der Waals surface area contributed by atoms with Crippen LogP contribution in [0, 0.1) is 0 Å². The quantitative estimate of drug-likeness (QED) is 0.444. The normalized spacial score (nSPS) is 10.2. The van der Waals surface area contributed by atoms with Crippen molar-refractivity contribution in [3.05, 3.63) is 35.4 Å². The first-order valence-corrected chi connectivity index (χ1v) is 5.19. The predicted octanol–water partition coefficient (Wildman–Crippen LogP) is 2.08. The Labute approximate surface area is 99.8 Å². The van der Waals surface area contributed by atoms with Crippen LogP contribution in [0.1, 0.15) is 22.8 Å². The number of benzene rings is 1. The number of ether oxygens (including phenoxy) is 2. The standard InChI is InChI=1S/C13H14O4/c1-3-17-13(15)7-5-10-4-6-11(9-14)12(8-10)16-2/h4-9H,3H2,1-2H3. The topological polar surface area (TPSA) is 52.6 Å². The fraction of sp³-hybridized carbons (Fsp3) is 0.231. The van der Waals surface area contributed by atoms with Crippen molar-refractivity contribution in [1.29, 1.82) is 0 Å². The fourth-order valence-corrected chi connectivity index (χ4v) is 1.28. The van der Waals surface area contributed by atoms with E-state index >= 15 is 0 Å². The molecule has 0 amide bonds. The van der Waals surface area contributed by atoms with Crippen molar-refractivity contribution in [1.82, 2.24) is 0 Å². The van der Waals surface area contributed by atoms with Gasteiger partial charge in [0.1, 0.15) is 5.75 Å². The smallest absolute Gasteiger partial charge is 0.330 e. The lowest BCUT2D eigenvalue weighted by Gasteiger charge is -2.04. The summed E-state index contributed by atoms with van der Waals surface area (Å²) in [5.74, 6) is 0.0805. The van der Waals surface area contributed by atoms with Gasteiger partial charge in [-0.25, -0.2) is 4.79 Å². The number of carbonyl (C=O) groups is 2. The van der Waals surface area contributed by atoms with E-state index in [1.54, 1.807) is 31.2 Å². The number of esters is 1. The molecular formula is C13H14O4. The average molecular weight is 234 g/mol. The summed E-state index contributed by atoms with van der Waals surface area (Å²) >= 11 is 0. The van der Waals surface area contributed by atoms with E-state index in [9.17, 15) is 9.59 Å². The molecule has 0 N–H and O–H groups in total. The lowest BCUT2D eigenvalue weighted by molar-refractivity contribution is -0.137. The molecule has 4 heteroatoms. The Kier molecular flexibility index (Phi) is 4.94. The number of hydrogen-bond acceptors (Lipinski definition) is 4. The van der Waals surface area contributed by atoms with Crippen LogP contribution in [0.15, 0.2) is 24.3 Å². The van der Waals surface area contributed by atoms with Crippen molar-refractivity contribution >= 4 is 18.3 Å². The van der Waals surface area contributed by atoms with Crippen molar-refractivity contribution < 1.29 is 19.1 Å². The van der Waals surface area contributed by atoms with Crippen LogP contribution in [-0.4, -0.2) is 26.0 Å². The van der Waals surface area contributed by atoms with Crippen LogP contribution in [0.5, 0.6) is 5.75 Å². The largest absolute Gasteiger partial charge is 0.496 e. The van der Waals surface area contributed by atoms with Gasteiger partial charge in [-0.15, -0.1) is 0 Å². The molecule has 0 radical (unpaired) electrons. The Morgan fingerprint density at radius 2 is 2.18 bits per heavy atom. The molecule has 0 aliphatic heterocycles. The molecule has 0 spiro atoms. The fourth-order valence-electron chi connectivity index (χ4n) is 1.28. The molecule has 1 aromatic carbocycles. The summed E-state index contributed by atoms with van der Waals surface area (Å²) in [6.07, 6.45) is 3.66. The summed E-state index contributed by atoms with van der Waals surface area (Å²) in [7, 11) is 1.49. The van der Waals surface area contributed by atoms with Gasteiger partial charge < -0.3 is 9.47 Å². The Morgan fingerprint density at radius 3 is 2.76 bits per heavy atom. The Morgan fingerprint density at radius 1 is 1.41 bits per heavy atom. The minimum absolute atomic E-state index is 0.344. The molecule has 90 valence electrons. The summed E-state index contributed by atoms with van der Waals surface area (Å²) in [6, 6.07) is 5.04. The van der Waals surface area contributed by atoms with Crippen molar-refractivity contribution in [2.24, 2.45) is 0 Å². The van der Waals surface area contributed by atoms with Gasteiger partial charge in [-0.2, -0.15) is 0 Å². The summed E-state index contributed by atoms with van der Waals surface area (Å²) in [5.41, 5.74) is 1.24. The molecular weight excluding hydrogens is 220 g/mol. The summed E-state index contributed by atoms with van der Waals surface area (Å²) in [4.78, 5) is 21.8. The van der Waals surface area contributed by atoms with Crippen LogP contribution in [0.25, 0.3) is 6.08 Å². The van der Waals surface area contributed by atoms with Crippen LogP contribution in [0.2, 0.25) is 0 Å². The molecule has 1 rings (SSSR count). The van der Waals surface area contributed by atoms with E-state index in [2.05, 4.69) is 0 Å². The van der Waals surface area contributed by atoms with Crippen LogP contribution in [-0.2, 0) is 9.53 Å². The highest BCUT2D eigenvalue weighted by Crippen LogP contribution is 2.19. The number of rotatable bonds is 5. The van der Waals surface area contributed by atoms with Gasteiger partial charge in [-0.3, -0.25) is 4.79 Å². The Bertz CT molecular complexity index is 435. The molecule has 0 saturated heterocycles. The van der Waals surface area contributed by atoms with Gasteiger partial charge in [0.05, 0.1) is 19.3 Å². The third-order valence-corrected chi connectivity index (χ3v) is 2.08.